The fourth-order valence-electron chi connectivity index (χ4n) is 2.64. The molecule has 0 spiro atoms. The minimum Gasteiger partial charge on any atom is -0.487 e. The second-order valence-electron chi connectivity index (χ2n) is 5.33. The van der Waals surface area contributed by atoms with Crippen LogP contribution in [0, 0.1) is 6.92 Å². The number of nitrogens with zero attached hydrogens (tertiary/aromatic N) is 3. The first-order valence-corrected chi connectivity index (χ1v) is 7.20. The first kappa shape index (κ1) is 13.0. The van der Waals surface area contributed by atoms with E-state index in [1.54, 1.807) is 0 Å². The van der Waals surface area contributed by atoms with Crippen molar-refractivity contribution in [2.24, 2.45) is 7.05 Å². The molecule has 1 aliphatic rings. The number of aromatic nitrogens is 2. The van der Waals surface area contributed by atoms with Gasteiger partial charge >= 0.3 is 0 Å². The highest BCUT2D eigenvalue weighted by Gasteiger charge is 2.16. The van der Waals surface area contributed by atoms with E-state index in [4.69, 9.17) is 4.74 Å². The van der Waals surface area contributed by atoms with Crippen LogP contribution in [0.2, 0.25) is 0 Å². The Hall–Kier alpha value is -1.97. The van der Waals surface area contributed by atoms with Crippen LogP contribution >= 0.6 is 0 Å². The van der Waals surface area contributed by atoms with Crippen LogP contribution in [0.15, 0.2) is 30.5 Å². The van der Waals surface area contributed by atoms with Crippen molar-refractivity contribution in [2.75, 3.05) is 18.0 Å². The lowest BCUT2D eigenvalue weighted by Gasteiger charge is -2.21. The largest absolute Gasteiger partial charge is 0.487 e. The van der Waals surface area contributed by atoms with Crippen LogP contribution in [0.5, 0.6) is 5.75 Å². The van der Waals surface area contributed by atoms with Crippen molar-refractivity contribution in [2.45, 2.75) is 26.4 Å². The summed E-state index contributed by atoms with van der Waals surface area (Å²) in [6, 6.07) is 8.32. The Morgan fingerprint density at radius 1 is 1.20 bits per heavy atom. The Labute approximate surface area is 120 Å². The van der Waals surface area contributed by atoms with Crippen LogP contribution in [0.4, 0.5) is 5.69 Å². The van der Waals surface area contributed by atoms with E-state index in [0.717, 1.165) is 30.1 Å². The number of rotatable bonds is 4. The van der Waals surface area contributed by atoms with Gasteiger partial charge in [-0.05, 0) is 31.9 Å². The molecule has 0 bridgehead atoms. The molecule has 1 aromatic heterocycles. The number of para-hydroxylation sites is 2. The number of ether oxygens (including phenoxy) is 1. The Bertz CT molecular complexity index is 585. The minimum atomic E-state index is 0.574. The number of anilines is 1. The highest BCUT2D eigenvalue weighted by Crippen LogP contribution is 2.31. The van der Waals surface area contributed by atoms with Gasteiger partial charge in [0.05, 0.1) is 11.9 Å². The van der Waals surface area contributed by atoms with Crippen molar-refractivity contribution in [3.05, 3.63) is 41.7 Å². The molecular weight excluding hydrogens is 250 g/mol. The van der Waals surface area contributed by atoms with Gasteiger partial charge < -0.3 is 9.64 Å². The van der Waals surface area contributed by atoms with E-state index in [9.17, 15) is 0 Å². The van der Waals surface area contributed by atoms with Gasteiger partial charge in [0.25, 0.3) is 0 Å². The predicted molar refractivity (Wildman–Crippen MR) is 80.2 cm³/mol. The van der Waals surface area contributed by atoms with Crippen molar-refractivity contribution in [3.8, 4) is 5.75 Å². The summed E-state index contributed by atoms with van der Waals surface area (Å²) in [5, 5.41) is 4.25. The van der Waals surface area contributed by atoms with Gasteiger partial charge in [0, 0.05) is 31.4 Å². The second-order valence-corrected chi connectivity index (χ2v) is 5.33. The third-order valence-corrected chi connectivity index (χ3v) is 4.03. The molecule has 106 valence electrons. The first-order valence-electron chi connectivity index (χ1n) is 7.20. The summed E-state index contributed by atoms with van der Waals surface area (Å²) in [5.74, 6) is 0.970. The van der Waals surface area contributed by atoms with Gasteiger partial charge in [0.1, 0.15) is 12.4 Å². The summed E-state index contributed by atoms with van der Waals surface area (Å²) in [6.45, 7) is 4.90. The van der Waals surface area contributed by atoms with E-state index in [0.29, 0.717) is 6.61 Å². The number of benzene rings is 1. The molecule has 0 aliphatic carbocycles. The number of hydrogen-bond donors (Lipinski definition) is 0. The average molecular weight is 271 g/mol. The Morgan fingerprint density at radius 3 is 2.65 bits per heavy atom. The standard InChI is InChI=1S/C16H21N3O/c1-13-14(11-17-18(13)2)12-20-16-8-4-3-7-15(16)19-9-5-6-10-19/h3-4,7-8,11H,5-6,9-10,12H2,1-2H3. The van der Waals surface area contributed by atoms with E-state index >= 15 is 0 Å². The smallest absolute Gasteiger partial charge is 0.143 e. The Balaban J connectivity index is 1.75. The zero-order valence-corrected chi connectivity index (χ0v) is 12.2. The molecule has 0 radical (unpaired) electrons. The third-order valence-electron chi connectivity index (χ3n) is 4.03. The normalized spacial score (nSPS) is 14.8. The van der Waals surface area contributed by atoms with Crippen LogP contribution < -0.4 is 9.64 Å². The molecule has 2 aromatic rings. The molecule has 4 nitrogen and oxygen atoms in total. The molecule has 0 unspecified atom stereocenters. The van der Waals surface area contributed by atoms with Gasteiger partial charge in [0.2, 0.25) is 0 Å². The lowest BCUT2D eigenvalue weighted by atomic mass is 10.2. The van der Waals surface area contributed by atoms with E-state index in [1.165, 1.54) is 18.5 Å². The van der Waals surface area contributed by atoms with Crippen molar-refractivity contribution in [1.82, 2.24) is 9.78 Å². The summed E-state index contributed by atoms with van der Waals surface area (Å²) in [4.78, 5) is 2.41. The quantitative estimate of drug-likeness (QED) is 0.856. The van der Waals surface area contributed by atoms with E-state index in [2.05, 4.69) is 35.1 Å². The second kappa shape index (κ2) is 5.57. The maximum atomic E-state index is 6.03. The molecule has 0 N–H and O–H groups in total. The maximum absolute atomic E-state index is 6.03. The molecule has 3 rings (SSSR count). The highest BCUT2D eigenvalue weighted by atomic mass is 16.5. The molecule has 1 fully saturated rings. The highest BCUT2D eigenvalue weighted by molar-refractivity contribution is 5.58. The zero-order valence-electron chi connectivity index (χ0n) is 12.2. The summed E-state index contributed by atoms with van der Waals surface area (Å²) in [6.07, 6.45) is 4.43. The molecule has 1 aromatic carbocycles. The minimum absolute atomic E-state index is 0.574. The lowest BCUT2D eigenvalue weighted by Crippen LogP contribution is -2.18. The lowest BCUT2D eigenvalue weighted by molar-refractivity contribution is 0.305. The van der Waals surface area contributed by atoms with Crippen molar-refractivity contribution >= 4 is 5.69 Å². The first-order chi connectivity index (χ1) is 9.75. The van der Waals surface area contributed by atoms with E-state index in [-0.39, 0.29) is 0 Å². The third kappa shape index (κ3) is 2.50. The van der Waals surface area contributed by atoms with Gasteiger partial charge in [0.15, 0.2) is 0 Å². The van der Waals surface area contributed by atoms with E-state index in [1.807, 2.05) is 24.0 Å². The Kier molecular flexibility index (Phi) is 3.63. The van der Waals surface area contributed by atoms with Gasteiger partial charge in [-0.1, -0.05) is 12.1 Å². The topological polar surface area (TPSA) is 30.3 Å². The molecule has 20 heavy (non-hydrogen) atoms. The Morgan fingerprint density at radius 2 is 1.95 bits per heavy atom. The average Bonchev–Trinajstić information content (AvgIpc) is 3.10. The fraction of sp³-hybridized carbons (Fsp3) is 0.438. The fourth-order valence-corrected chi connectivity index (χ4v) is 2.64. The van der Waals surface area contributed by atoms with Crippen LogP contribution in [-0.2, 0) is 13.7 Å². The van der Waals surface area contributed by atoms with Crippen LogP contribution in [0.25, 0.3) is 0 Å². The van der Waals surface area contributed by atoms with Crippen molar-refractivity contribution in [1.29, 1.82) is 0 Å². The van der Waals surface area contributed by atoms with Crippen LogP contribution in [0.1, 0.15) is 24.1 Å². The molecule has 0 atom stereocenters. The van der Waals surface area contributed by atoms with Crippen molar-refractivity contribution < 1.29 is 4.74 Å². The molecule has 2 heterocycles. The number of aryl methyl sites for hydroxylation is 1. The summed E-state index contributed by atoms with van der Waals surface area (Å²) in [7, 11) is 1.96. The van der Waals surface area contributed by atoms with E-state index < -0.39 is 0 Å². The maximum Gasteiger partial charge on any atom is 0.143 e. The monoisotopic (exact) mass is 271 g/mol. The summed E-state index contributed by atoms with van der Waals surface area (Å²) < 4.78 is 7.91. The summed E-state index contributed by atoms with van der Waals surface area (Å²) in [5.41, 5.74) is 3.51. The number of hydrogen-bond acceptors (Lipinski definition) is 3. The van der Waals surface area contributed by atoms with Crippen LogP contribution in [0.3, 0.4) is 0 Å². The molecule has 0 amide bonds. The molecule has 0 saturated carbocycles. The van der Waals surface area contributed by atoms with Crippen LogP contribution in [-0.4, -0.2) is 22.9 Å². The molecule has 4 heteroatoms. The molecule has 1 saturated heterocycles. The zero-order chi connectivity index (χ0) is 13.9. The van der Waals surface area contributed by atoms with Crippen molar-refractivity contribution in [3.63, 3.8) is 0 Å². The molecule has 1 aliphatic heterocycles. The summed E-state index contributed by atoms with van der Waals surface area (Å²) >= 11 is 0. The van der Waals surface area contributed by atoms with Gasteiger partial charge in [-0.2, -0.15) is 5.10 Å². The van der Waals surface area contributed by atoms with Gasteiger partial charge in [-0.25, -0.2) is 0 Å². The van der Waals surface area contributed by atoms with Gasteiger partial charge in [-0.3, -0.25) is 4.68 Å². The SMILES string of the molecule is Cc1c(COc2ccccc2N2CCCC2)cnn1C. The molecular formula is C16H21N3O. The predicted octanol–water partition coefficient (Wildman–Crippen LogP) is 2.91. The van der Waals surface area contributed by atoms with Gasteiger partial charge in [-0.15, -0.1) is 0 Å².